The maximum Gasteiger partial charge on any atom is 0.235 e. The lowest BCUT2D eigenvalue weighted by Gasteiger charge is -2.15. The lowest BCUT2D eigenvalue weighted by Crippen LogP contribution is -2.43. The molecule has 0 heterocycles. The van der Waals surface area contributed by atoms with Crippen LogP contribution in [0.2, 0.25) is 0 Å². The quantitative estimate of drug-likeness (QED) is 0.518. The average Bonchev–Trinajstić information content (AvgIpc) is 3.06. The average molecular weight is 238 g/mol. The van der Waals surface area contributed by atoms with Gasteiger partial charge in [0.1, 0.15) is 5.41 Å². The topological polar surface area (TPSA) is 58.2 Å². The van der Waals surface area contributed by atoms with Crippen molar-refractivity contribution >= 4 is 11.8 Å². The highest BCUT2D eigenvalue weighted by Crippen LogP contribution is 2.46. The molecular weight excluding hydrogens is 216 g/mol. The van der Waals surface area contributed by atoms with E-state index in [1.54, 1.807) is 6.08 Å². The molecule has 4 nitrogen and oxygen atoms in total. The van der Waals surface area contributed by atoms with Crippen molar-refractivity contribution in [1.82, 2.24) is 10.6 Å². The van der Waals surface area contributed by atoms with Gasteiger partial charge in [0.05, 0.1) is 0 Å². The van der Waals surface area contributed by atoms with Crippen molar-refractivity contribution in [2.45, 2.75) is 33.1 Å². The molecule has 17 heavy (non-hydrogen) atoms. The Bertz CT molecular complexity index is 307. The third-order valence-electron chi connectivity index (χ3n) is 3.03. The van der Waals surface area contributed by atoms with E-state index in [9.17, 15) is 9.59 Å². The first-order valence-electron chi connectivity index (χ1n) is 6.20. The standard InChI is InChI=1S/C13H22N2O2/c1-4-8-14-11(16)13(6-7-13)12(17)15-9-5-10(2)3/h4,10H,1,5-9H2,2-3H3,(H,14,16)(H,15,17). The van der Waals surface area contributed by atoms with Gasteiger partial charge < -0.3 is 10.6 Å². The molecule has 0 aromatic carbocycles. The lowest BCUT2D eigenvalue weighted by atomic mass is 10.0. The summed E-state index contributed by atoms with van der Waals surface area (Å²) in [4.78, 5) is 23.7. The van der Waals surface area contributed by atoms with Gasteiger partial charge in [-0.2, -0.15) is 0 Å². The van der Waals surface area contributed by atoms with Crippen LogP contribution in [0, 0.1) is 11.3 Å². The van der Waals surface area contributed by atoms with Crippen LogP contribution >= 0.6 is 0 Å². The molecule has 0 aromatic rings. The Morgan fingerprint density at radius 1 is 1.29 bits per heavy atom. The molecule has 1 aliphatic carbocycles. The molecule has 0 bridgehead atoms. The van der Waals surface area contributed by atoms with Crippen LogP contribution in [-0.4, -0.2) is 24.9 Å². The molecule has 2 N–H and O–H groups in total. The van der Waals surface area contributed by atoms with Crippen molar-refractivity contribution in [2.24, 2.45) is 11.3 Å². The Kier molecular flexibility index (Phi) is 4.73. The number of rotatable bonds is 7. The fraction of sp³-hybridized carbons (Fsp3) is 0.692. The molecule has 0 spiro atoms. The van der Waals surface area contributed by atoms with Gasteiger partial charge in [-0.3, -0.25) is 9.59 Å². The van der Waals surface area contributed by atoms with Gasteiger partial charge in [-0.25, -0.2) is 0 Å². The van der Waals surface area contributed by atoms with Crippen molar-refractivity contribution in [3.8, 4) is 0 Å². The summed E-state index contributed by atoms with van der Waals surface area (Å²) in [5.74, 6) is 0.263. The van der Waals surface area contributed by atoms with Crippen molar-refractivity contribution < 1.29 is 9.59 Å². The molecule has 96 valence electrons. The minimum atomic E-state index is -0.792. The predicted molar refractivity (Wildman–Crippen MR) is 67.3 cm³/mol. The van der Waals surface area contributed by atoms with Gasteiger partial charge in [0.2, 0.25) is 11.8 Å². The van der Waals surface area contributed by atoms with E-state index < -0.39 is 5.41 Å². The molecule has 1 rings (SSSR count). The summed E-state index contributed by atoms with van der Waals surface area (Å²) in [5, 5.41) is 5.55. The number of carbonyl (C=O) groups is 2. The van der Waals surface area contributed by atoms with Gasteiger partial charge >= 0.3 is 0 Å². The monoisotopic (exact) mass is 238 g/mol. The Balaban J connectivity index is 2.39. The zero-order valence-electron chi connectivity index (χ0n) is 10.7. The zero-order chi connectivity index (χ0) is 12.9. The third kappa shape index (κ3) is 3.58. The molecule has 1 aliphatic rings. The zero-order valence-corrected chi connectivity index (χ0v) is 10.7. The van der Waals surface area contributed by atoms with Crippen LogP contribution < -0.4 is 10.6 Å². The Hall–Kier alpha value is -1.32. The maximum atomic E-state index is 11.9. The van der Waals surface area contributed by atoms with Gasteiger partial charge in [0.15, 0.2) is 0 Å². The van der Waals surface area contributed by atoms with E-state index in [0.29, 0.717) is 31.8 Å². The van der Waals surface area contributed by atoms with E-state index in [4.69, 9.17) is 0 Å². The lowest BCUT2D eigenvalue weighted by molar-refractivity contribution is -0.137. The van der Waals surface area contributed by atoms with Gasteiger partial charge in [-0.15, -0.1) is 6.58 Å². The van der Waals surface area contributed by atoms with E-state index in [1.165, 1.54) is 0 Å². The van der Waals surface area contributed by atoms with Crippen LogP contribution in [-0.2, 0) is 9.59 Å². The Labute approximate surface area is 103 Å². The maximum absolute atomic E-state index is 11.9. The Morgan fingerprint density at radius 2 is 1.88 bits per heavy atom. The molecule has 2 amide bonds. The van der Waals surface area contributed by atoms with E-state index in [2.05, 4.69) is 31.1 Å². The predicted octanol–water partition coefficient (Wildman–Crippen LogP) is 1.23. The van der Waals surface area contributed by atoms with Crippen molar-refractivity contribution in [3.63, 3.8) is 0 Å². The molecule has 1 saturated carbocycles. The summed E-state index contributed by atoms with van der Waals surface area (Å²) in [6.07, 6.45) is 3.87. The summed E-state index contributed by atoms with van der Waals surface area (Å²) < 4.78 is 0. The van der Waals surface area contributed by atoms with E-state index in [0.717, 1.165) is 6.42 Å². The van der Waals surface area contributed by atoms with Crippen LogP contribution in [0.25, 0.3) is 0 Å². The minimum Gasteiger partial charge on any atom is -0.355 e. The molecule has 4 heteroatoms. The van der Waals surface area contributed by atoms with Crippen LogP contribution in [0.1, 0.15) is 33.1 Å². The summed E-state index contributed by atoms with van der Waals surface area (Å²) in [6.45, 7) is 8.81. The molecule has 0 atom stereocenters. The second-order valence-corrected chi connectivity index (χ2v) is 5.02. The summed E-state index contributed by atoms with van der Waals surface area (Å²) in [6, 6.07) is 0. The summed E-state index contributed by atoms with van der Waals surface area (Å²) in [7, 11) is 0. The fourth-order valence-corrected chi connectivity index (χ4v) is 1.66. The van der Waals surface area contributed by atoms with Crippen LogP contribution in [0.15, 0.2) is 12.7 Å². The first-order chi connectivity index (χ1) is 8.03. The first-order valence-corrected chi connectivity index (χ1v) is 6.20. The van der Waals surface area contributed by atoms with E-state index in [-0.39, 0.29) is 11.8 Å². The number of hydrogen-bond donors (Lipinski definition) is 2. The van der Waals surface area contributed by atoms with Crippen molar-refractivity contribution in [3.05, 3.63) is 12.7 Å². The third-order valence-corrected chi connectivity index (χ3v) is 3.03. The van der Waals surface area contributed by atoms with Crippen LogP contribution in [0.4, 0.5) is 0 Å². The van der Waals surface area contributed by atoms with Gasteiger partial charge in [-0.05, 0) is 25.2 Å². The van der Waals surface area contributed by atoms with Gasteiger partial charge in [0, 0.05) is 13.1 Å². The van der Waals surface area contributed by atoms with Crippen LogP contribution in [0.3, 0.4) is 0 Å². The molecule has 0 unspecified atom stereocenters. The van der Waals surface area contributed by atoms with Crippen molar-refractivity contribution in [1.29, 1.82) is 0 Å². The highest BCUT2D eigenvalue weighted by Gasteiger charge is 2.56. The fourth-order valence-electron chi connectivity index (χ4n) is 1.66. The SMILES string of the molecule is C=CCNC(=O)C1(C(=O)NCCC(C)C)CC1. The van der Waals surface area contributed by atoms with Crippen molar-refractivity contribution in [2.75, 3.05) is 13.1 Å². The van der Waals surface area contributed by atoms with Crippen LogP contribution in [0.5, 0.6) is 0 Å². The first kappa shape index (κ1) is 13.7. The number of carbonyl (C=O) groups excluding carboxylic acids is 2. The molecule has 0 saturated heterocycles. The second-order valence-electron chi connectivity index (χ2n) is 5.02. The minimum absolute atomic E-state index is 0.125. The smallest absolute Gasteiger partial charge is 0.235 e. The summed E-state index contributed by atoms with van der Waals surface area (Å²) >= 11 is 0. The van der Waals surface area contributed by atoms with E-state index in [1.807, 2.05) is 0 Å². The highest BCUT2D eigenvalue weighted by molar-refractivity contribution is 6.07. The molecular formula is C13H22N2O2. The summed E-state index contributed by atoms with van der Waals surface area (Å²) in [5.41, 5.74) is -0.792. The van der Waals surface area contributed by atoms with E-state index >= 15 is 0 Å². The molecule has 0 aromatic heterocycles. The highest BCUT2D eigenvalue weighted by atomic mass is 16.2. The number of amides is 2. The second kappa shape index (κ2) is 5.84. The normalized spacial score (nSPS) is 16.4. The molecule has 0 aliphatic heterocycles. The largest absolute Gasteiger partial charge is 0.355 e. The molecule has 1 fully saturated rings. The number of hydrogen-bond acceptors (Lipinski definition) is 2. The van der Waals surface area contributed by atoms with Gasteiger partial charge in [-0.1, -0.05) is 19.9 Å². The number of nitrogens with one attached hydrogen (secondary N) is 2. The Morgan fingerprint density at radius 3 is 2.35 bits per heavy atom. The molecule has 0 radical (unpaired) electrons. The van der Waals surface area contributed by atoms with Gasteiger partial charge in [0.25, 0.3) is 0 Å².